The summed E-state index contributed by atoms with van der Waals surface area (Å²) in [4.78, 5) is 21.9. The van der Waals surface area contributed by atoms with Gasteiger partial charge >= 0.3 is 0 Å². The van der Waals surface area contributed by atoms with Crippen LogP contribution in [0, 0.1) is 6.92 Å². The molecule has 1 aromatic heterocycles. The predicted octanol–water partition coefficient (Wildman–Crippen LogP) is 2.22. The maximum Gasteiger partial charge on any atom is 0.240 e. The zero-order valence-electron chi connectivity index (χ0n) is 14.0. The number of thiazole rings is 1. The molecule has 1 aromatic carbocycles. The van der Waals surface area contributed by atoms with E-state index in [1.807, 2.05) is 25.1 Å². The second kappa shape index (κ2) is 7.63. The van der Waals surface area contributed by atoms with Gasteiger partial charge in [-0.05, 0) is 19.1 Å². The molecule has 1 saturated heterocycles. The van der Waals surface area contributed by atoms with Crippen molar-refractivity contribution in [2.45, 2.75) is 6.92 Å². The number of nitrogens with zero attached hydrogens (tertiary/aromatic N) is 3. The van der Waals surface area contributed by atoms with Crippen LogP contribution in [0.2, 0.25) is 0 Å². The molecule has 0 bridgehead atoms. The third-order valence-corrected chi connectivity index (χ3v) is 4.85. The van der Waals surface area contributed by atoms with Crippen molar-refractivity contribution in [2.75, 3.05) is 50.1 Å². The highest BCUT2D eigenvalue weighted by atomic mass is 32.1. The van der Waals surface area contributed by atoms with Crippen LogP contribution in [0.4, 0.5) is 10.8 Å². The molecule has 6 nitrogen and oxygen atoms in total. The summed E-state index contributed by atoms with van der Waals surface area (Å²) in [6.07, 6.45) is 1.77. The molecule has 1 amide bonds. The van der Waals surface area contributed by atoms with Crippen molar-refractivity contribution in [3.8, 4) is 5.75 Å². The number of benzene rings is 1. The number of hydrogen-bond donors (Lipinski definition) is 1. The highest BCUT2D eigenvalue weighted by Crippen LogP contribution is 2.22. The lowest BCUT2D eigenvalue weighted by Gasteiger charge is -2.35. The minimum atomic E-state index is -0.000759. The number of piperazine rings is 1. The second-order valence-electron chi connectivity index (χ2n) is 5.79. The minimum absolute atomic E-state index is 0.000759. The van der Waals surface area contributed by atoms with Crippen molar-refractivity contribution in [1.29, 1.82) is 0 Å². The molecule has 0 aliphatic carbocycles. The number of rotatable bonds is 5. The van der Waals surface area contributed by atoms with E-state index in [2.05, 4.69) is 26.2 Å². The van der Waals surface area contributed by atoms with Crippen LogP contribution in [0.25, 0.3) is 0 Å². The Kier molecular flexibility index (Phi) is 5.32. The molecular formula is C17H22N4O2S. The van der Waals surface area contributed by atoms with Gasteiger partial charge in [-0.25, -0.2) is 4.98 Å². The molecule has 2 heterocycles. The first-order chi connectivity index (χ1) is 11.6. The van der Waals surface area contributed by atoms with Crippen LogP contribution >= 0.6 is 11.3 Å². The van der Waals surface area contributed by atoms with E-state index in [0.717, 1.165) is 42.5 Å². The van der Waals surface area contributed by atoms with E-state index < -0.39 is 0 Å². The first-order valence-electron chi connectivity index (χ1n) is 7.97. The Labute approximate surface area is 146 Å². The summed E-state index contributed by atoms with van der Waals surface area (Å²) in [5.74, 6) is 0.868. The van der Waals surface area contributed by atoms with Crippen LogP contribution < -0.4 is 15.0 Å². The summed E-state index contributed by atoms with van der Waals surface area (Å²) in [5.41, 5.74) is 1.16. The number of aryl methyl sites for hydroxylation is 1. The molecule has 1 N–H and O–H groups in total. The molecule has 0 radical (unpaired) electrons. The van der Waals surface area contributed by atoms with Crippen molar-refractivity contribution in [3.05, 3.63) is 35.3 Å². The quantitative estimate of drug-likeness (QED) is 0.900. The summed E-state index contributed by atoms with van der Waals surface area (Å²) >= 11 is 1.50. The Balaban J connectivity index is 1.48. The van der Waals surface area contributed by atoms with Gasteiger partial charge in [-0.1, -0.05) is 6.07 Å². The number of amides is 1. The monoisotopic (exact) mass is 346 g/mol. The second-order valence-corrected chi connectivity index (χ2v) is 7.02. The Bertz CT molecular complexity index is 695. The number of aromatic nitrogens is 1. The Hall–Kier alpha value is -2.12. The van der Waals surface area contributed by atoms with E-state index in [-0.39, 0.29) is 5.91 Å². The minimum Gasteiger partial charge on any atom is -0.497 e. The van der Waals surface area contributed by atoms with E-state index in [1.165, 1.54) is 11.3 Å². The molecule has 0 atom stereocenters. The number of carbonyl (C=O) groups is 1. The van der Waals surface area contributed by atoms with Gasteiger partial charge < -0.3 is 15.0 Å². The normalized spacial score (nSPS) is 15.3. The number of carbonyl (C=O) groups excluding carboxylic acids is 1. The zero-order valence-corrected chi connectivity index (χ0v) is 14.8. The number of hydrogen-bond acceptors (Lipinski definition) is 6. The summed E-state index contributed by atoms with van der Waals surface area (Å²) in [6, 6.07) is 8.09. The van der Waals surface area contributed by atoms with Gasteiger partial charge in [-0.15, -0.1) is 11.3 Å². The average molecular weight is 346 g/mol. The third kappa shape index (κ3) is 4.24. The molecule has 3 rings (SSSR count). The van der Waals surface area contributed by atoms with Crippen LogP contribution in [-0.4, -0.2) is 55.6 Å². The van der Waals surface area contributed by atoms with E-state index in [4.69, 9.17) is 4.74 Å². The molecule has 24 heavy (non-hydrogen) atoms. The topological polar surface area (TPSA) is 57.7 Å². The lowest BCUT2D eigenvalue weighted by Crippen LogP contribution is -2.48. The zero-order chi connectivity index (χ0) is 16.9. The van der Waals surface area contributed by atoms with Gasteiger partial charge in [-0.2, -0.15) is 0 Å². The third-order valence-electron chi connectivity index (χ3n) is 4.03. The summed E-state index contributed by atoms with van der Waals surface area (Å²) in [5, 5.41) is 3.54. The van der Waals surface area contributed by atoms with Gasteiger partial charge in [0.25, 0.3) is 0 Å². The Morgan fingerprint density at radius 3 is 2.79 bits per heavy atom. The molecule has 1 aliphatic rings. The van der Waals surface area contributed by atoms with Crippen molar-refractivity contribution in [3.63, 3.8) is 0 Å². The van der Waals surface area contributed by atoms with Gasteiger partial charge in [0.05, 0.1) is 13.7 Å². The fraction of sp³-hybridized carbons (Fsp3) is 0.412. The number of nitrogens with one attached hydrogen (secondary N) is 1. The van der Waals surface area contributed by atoms with E-state index in [0.29, 0.717) is 11.7 Å². The van der Waals surface area contributed by atoms with Gasteiger partial charge in [0.2, 0.25) is 5.91 Å². The van der Waals surface area contributed by atoms with Gasteiger partial charge in [-0.3, -0.25) is 9.69 Å². The largest absolute Gasteiger partial charge is 0.497 e. The first kappa shape index (κ1) is 16.7. The standard InChI is InChI=1S/C17H22N4O2S/c1-13-11-18-17(24-13)19-16(22)12-20-6-8-21(9-7-20)14-4-3-5-15(10-14)23-2/h3-5,10-11H,6-9,12H2,1-2H3,(H,18,19,22). The number of ether oxygens (including phenoxy) is 1. The smallest absolute Gasteiger partial charge is 0.240 e. The maximum atomic E-state index is 12.1. The lowest BCUT2D eigenvalue weighted by atomic mass is 10.2. The Morgan fingerprint density at radius 2 is 2.12 bits per heavy atom. The van der Waals surface area contributed by atoms with Gasteiger partial charge in [0, 0.05) is 49.0 Å². The molecular weight excluding hydrogens is 324 g/mol. The summed E-state index contributed by atoms with van der Waals surface area (Å²) in [6.45, 7) is 5.91. The van der Waals surface area contributed by atoms with Crippen LogP contribution in [0.1, 0.15) is 4.88 Å². The fourth-order valence-corrected chi connectivity index (χ4v) is 3.43. The molecule has 7 heteroatoms. The molecule has 0 unspecified atom stereocenters. The van der Waals surface area contributed by atoms with Gasteiger partial charge in [0.1, 0.15) is 5.75 Å². The Morgan fingerprint density at radius 1 is 1.33 bits per heavy atom. The highest BCUT2D eigenvalue weighted by Gasteiger charge is 2.19. The van der Waals surface area contributed by atoms with E-state index >= 15 is 0 Å². The van der Waals surface area contributed by atoms with Crippen LogP contribution in [0.5, 0.6) is 5.75 Å². The van der Waals surface area contributed by atoms with Crippen molar-refractivity contribution < 1.29 is 9.53 Å². The number of methoxy groups -OCH3 is 1. The van der Waals surface area contributed by atoms with E-state index in [1.54, 1.807) is 13.3 Å². The molecule has 0 saturated carbocycles. The van der Waals surface area contributed by atoms with Gasteiger partial charge in [0.15, 0.2) is 5.13 Å². The fourth-order valence-electron chi connectivity index (χ4n) is 2.75. The molecule has 1 aliphatic heterocycles. The highest BCUT2D eigenvalue weighted by molar-refractivity contribution is 7.15. The van der Waals surface area contributed by atoms with Crippen LogP contribution in [-0.2, 0) is 4.79 Å². The SMILES string of the molecule is COc1cccc(N2CCN(CC(=O)Nc3ncc(C)s3)CC2)c1. The lowest BCUT2D eigenvalue weighted by molar-refractivity contribution is -0.117. The summed E-state index contributed by atoms with van der Waals surface area (Å²) < 4.78 is 5.28. The first-order valence-corrected chi connectivity index (χ1v) is 8.79. The molecule has 128 valence electrons. The van der Waals surface area contributed by atoms with E-state index in [9.17, 15) is 4.79 Å². The van der Waals surface area contributed by atoms with Crippen molar-refractivity contribution >= 4 is 28.1 Å². The number of anilines is 2. The molecule has 1 fully saturated rings. The van der Waals surface area contributed by atoms with Crippen LogP contribution in [0.15, 0.2) is 30.5 Å². The predicted molar refractivity (Wildman–Crippen MR) is 97.1 cm³/mol. The maximum absolute atomic E-state index is 12.1. The van der Waals surface area contributed by atoms with Crippen molar-refractivity contribution in [2.24, 2.45) is 0 Å². The average Bonchev–Trinajstić information content (AvgIpc) is 3.00. The molecule has 0 spiro atoms. The van der Waals surface area contributed by atoms with Crippen LogP contribution in [0.3, 0.4) is 0 Å². The molecule has 2 aromatic rings. The van der Waals surface area contributed by atoms with Crippen molar-refractivity contribution in [1.82, 2.24) is 9.88 Å². The summed E-state index contributed by atoms with van der Waals surface area (Å²) in [7, 11) is 1.68.